The summed E-state index contributed by atoms with van der Waals surface area (Å²) in [7, 11) is 1.60. The number of nitrogens with two attached hydrogens (primary N) is 1. The molecule has 27 heavy (non-hydrogen) atoms. The van der Waals surface area contributed by atoms with Crippen molar-refractivity contribution in [1.82, 2.24) is 15.0 Å². The highest BCUT2D eigenvalue weighted by Crippen LogP contribution is 2.25. The molecule has 7 nitrogen and oxygen atoms in total. The predicted molar refractivity (Wildman–Crippen MR) is 108 cm³/mol. The van der Waals surface area contributed by atoms with E-state index in [2.05, 4.69) is 31.6 Å². The summed E-state index contributed by atoms with van der Waals surface area (Å²) >= 11 is 3.44. The largest absolute Gasteiger partial charge is 0.496 e. The molecule has 3 aromatic rings. The van der Waals surface area contributed by atoms with Gasteiger partial charge >= 0.3 is 0 Å². The normalized spacial score (nSPS) is 10.7. The molecule has 3 N–H and O–H groups in total. The number of nitrogens with one attached hydrogen (secondary N) is 1. The van der Waals surface area contributed by atoms with Gasteiger partial charge in [-0.15, -0.1) is 5.10 Å². The number of hydrogen-bond acceptors (Lipinski definition) is 5. The Kier molecular flexibility index (Phi) is 5.46. The van der Waals surface area contributed by atoms with Gasteiger partial charge in [0.2, 0.25) is 0 Å². The summed E-state index contributed by atoms with van der Waals surface area (Å²) in [6.07, 6.45) is 0. The molecule has 0 fully saturated rings. The van der Waals surface area contributed by atoms with E-state index in [0.717, 1.165) is 26.9 Å². The zero-order chi connectivity index (χ0) is 19.6. The highest BCUT2D eigenvalue weighted by atomic mass is 79.9. The van der Waals surface area contributed by atoms with Crippen LogP contribution in [-0.4, -0.2) is 28.0 Å². The summed E-state index contributed by atoms with van der Waals surface area (Å²) in [5, 5.41) is 10.8. The maximum Gasteiger partial charge on any atom is 0.280 e. The molecule has 0 bridgehead atoms. The molecule has 0 atom stereocenters. The molecule has 0 unspecified atom stereocenters. The van der Waals surface area contributed by atoms with Crippen LogP contribution >= 0.6 is 15.9 Å². The number of hydrogen-bond donors (Lipinski definition) is 2. The molecule has 0 aliphatic heterocycles. The zero-order valence-corrected chi connectivity index (χ0v) is 16.9. The van der Waals surface area contributed by atoms with E-state index in [0.29, 0.717) is 12.3 Å². The smallest absolute Gasteiger partial charge is 0.280 e. The molecule has 140 valence electrons. The Labute approximate surface area is 165 Å². The highest BCUT2D eigenvalue weighted by molar-refractivity contribution is 9.10. The summed E-state index contributed by atoms with van der Waals surface area (Å²) in [4.78, 5) is 12.6. The molecule has 8 heteroatoms. The molecule has 0 radical (unpaired) electrons. The van der Waals surface area contributed by atoms with Crippen LogP contribution in [0.4, 0.5) is 11.5 Å². The molecule has 0 spiro atoms. The van der Waals surface area contributed by atoms with Gasteiger partial charge in [0, 0.05) is 15.7 Å². The first-order valence-corrected chi connectivity index (χ1v) is 9.09. The molecule has 3 rings (SSSR count). The summed E-state index contributed by atoms with van der Waals surface area (Å²) in [6.45, 7) is 4.27. The monoisotopic (exact) mass is 429 g/mol. The van der Waals surface area contributed by atoms with Crippen molar-refractivity contribution in [2.75, 3.05) is 18.2 Å². The summed E-state index contributed by atoms with van der Waals surface area (Å²) < 4.78 is 7.75. The fourth-order valence-corrected chi connectivity index (χ4v) is 3.11. The number of rotatable bonds is 5. The number of aromatic nitrogens is 3. The Morgan fingerprint density at radius 2 is 2.07 bits per heavy atom. The van der Waals surface area contributed by atoms with Crippen LogP contribution in [-0.2, 0) is 6.54 Å². The maximum absolute atomic E-state index is 12.6. The van der Waals surface area contributed by atoms with Crippen molar-refractivity contribution in [3.8, 4) is 5.75 Å². The fraction of sp³-hybridized carbons (Fsp3) is 0.211. The number of anilines is 2. The summed E-state index contributed by atoms with van der Waals surface area (Å²) in [6, 6.07) is 11.4. The average molecular weight is 430 g/mol. The Hall–Kier alpha value is -2.87. The fourth-order valence-electron chi connectivity index (χ4n) is 2.70. The van der Waals surface area contributed by atoms with Gasteiger partial charge in [0.05, 0.1) is 13.7 Å². The van der Waals surface area contributed by atoms with Gasteiger partial charge in [-0.1, -0.05) is 33.3 Å². The standard InChI is InChI=1S/C19H20BrN5O2/c1-11-5-4-6-15(12(11)2)22-19(26)17-18(21)25(24-23-17)10-13-9-14(20)7-8-16(13)27-3/h4-9H,10,21H2,1-3H3,(H,22,26). The van der Waals surface area contributed by atoms with Crippen molar-refractivity contribution < 1.29 is 9.53 Å². The quantitative estimate of drug-likeness (QED) is 0.646. The van der Waals surface area contributed by atoms with E-state index < -0.39 is 5.91 Å². The Morgan fingerprint density at radius 3 is 2.81 bits per heavy atom. The number of benzene rings is 2. The number of amides is 1. The number of methoxy groups -OCH3 is 1. The Morgan fingerprint density at radius 1 is 1.30 bits per heavy atom. The number of ether oxygens (including phenoxy) is 1. The molecule has 0 saturated carbocycles. The minimum Gasteiger partial charge on any atom is -0.496 e. The first kappa shape index (κ1) is 18.9. The second-order valence-electron chi connectivity index (χ2n) is 6.14. The van der Waals surface area contributed by atoms with Gasteiger partial charge in [-0.25, -0.2) is 4.68 Å². The van der Waals surface area contributed by atoms with E-state index in [4.69, 9.17) is 10.5 Å². The first-order chi connectivity index (χ1) is 12.9. The van der Waals surface area contributed by atoms with Crippen LogP contribution in [0.15, 0.2) is 40.9 Å². The van der Waals surface area contributed by atoms with E-state index in [1.165, 1.54) is 4.68 Å². The van der Waals surface area contributed by atoms with Crippen LogP contribution in [0.3, 0.4) is 0 Å². The van der Waals surface area contributed by atoms with Crippen molar-refractivity contribution in [1.29, 1.82) is 0 Å². The number of nitrogens with zero attached hydrogens (tertiary/aromatic N) is 3. The lowest BCUT2D eigenvalue weighted by Crippen LogP contribution is -2.16. The van der Waals surface area contributed by atoms with E-state index in [1.54, 1.807) is 7.11 Å². The van der Waals surface area contributed by atoms with Gasteiger partial charge in [-0.05, 0) is 49.2 Å². The van der Waals surface area contributed by atoms with Crippen LogP contribution < -0.4 is 15.8 Å². The SMILES string of the molecule is COc1ccc(Br)cc1Cn1nnc(C(=O)Nc2cccc(C)c2C)c1N. The molecule has 1 heterocycles. The molecule has 0 aliphatic carbocycles. The van der Waals surface area contributed by atoms with Crippen molar-refractivity contribution in [3.63, 3.8) is 0 Å². The topological polar surface area (TPSA) is 95.1 Å². The minimum atomic E-state index is -0.395. The number of halogens is 1. The summed E-state index contributed by atoms with van der Waals surface area (Å²) in [5.74, 6) is 0.503. The van der Waals surface area contributed by atoms with Crippen molar-refractivity contribution in [2.45, 2.75) is 20.4 Å². The Balaban J connectivity index is 1.84. The lowest BCUT2D eigenvalue weighted by Gasteiger charge is -2.10. The van der Waals surface area contributed by atoms with Gasteiger partial charge in [0.15, 0.2) is 11.5 Å². The molecule has 2 aromatic carbocycles. The minimum absolute atomic E-state index is 0.0878. The molecular formula is C19H20BrN5O2. The van der Waals surface area contributed by atoms with Crippen LogP contribution in [0, 0.1) is 13.8 Å². The van der Waals surface area contributed by atoms with Crippen LogP contribution in [0.1, 0.15) is 27.2 Å². The number of aryl methyl sites for hydroxylation is 1. The maximum atomic E-state index is 12.6. The average Bonchev–Trinajstić information content (AvgIpc) is 3.00. The van der Waals surface area contributed by atoms with E-state index in [-0.39, 0.29) is 11.5 Å². The number of carbonyl (C=O) groups excluding carboxylic acids is 1. The van der Waals surface area contributed by atoms with Crippen molar-refractivity contribution in [2.24, 2.45) is 0 Å². The second-order valence-corrected chi connectivity index (χ2v) is 7.05. The van der Waals surface area contributed by atoms with Gasteiger partial charge in [-0.3, -0.25) is 4.79 Å². The van der Waals surface area contributed by atoms with Crippen molar-refractivity contribution in [3.05, 3.63) is 63.3 Å². The zero-order valence-electron chi connectivity index (χ0n) is 15.3. The lowest BCUT2D eigenvalue weighted by molar-refractivity contribution is 0.102. The van der Waals surface area contributed by atoms with Gasteiger partial charge in [-0.2, -0.15) is 0 Å². The Bertz CT molecular complexity index is 1000. The summed E-state index contributed by atoms with van der Waals surface area (Å²) in [5.41, 5.74) is 9.89. The third kappa shape index (κ3) is 3.95. The van der Waals surface area contributed by atoms with Crippen LogP contribution in [0.2, 0.25) is 0 Å². The van der Waals surface area contributed by atoms with E-state index in [1.807, 2.05) is 50.2 Å². The third-order valence-electron chi connectivity index (χ3n) is 4.40. The molecule has 1 amide bonds. The molecular weight excluding hydrogens is 410 g/mol. The first-order valence-electron chi connectivity index (χ1n) is 8.29. The molecule has 0 saturated heterocycles. The predicted octanol–water partition coefficient (Wildman–Crippen LogP) is 3.55. The second kappa shape index (κ2) is 7.79. The van der Waals surface area contributed by atoms with Crippen LogP contribution in [0.5, 0.6) is 5.75 Å². The molecule has 0 aliphatic rings. The third-order valence-corrected chi connectivity index (χ3v) is 4.90. The van der Waals surface area contributed by atoms with Crippen LogP contribution in [0.25, 0.3) is 0 Å². The van der Waals surface area contributed by atoms with Crippen molar-refractivity contribution >= 4 is 33.3 Å². The van der Waals surface area contributed by atoms with Gasteiger partial charge in [0.25, 0.3) is 5.91 Å². The number of nitrogen functional groups attached to an aromatic ring is 1. The van der Waals surface area contributed by atoms with Gasteiger partial charge in [0.1, 0.15) is 5.75 Å². The van der Waals surface area contributed by atoms with E-state index in [9.17, 15) is 4.79 Å². The lowest BCUT2D eigenvalue weighted by atomic mass is 10.1. The van der Waals surface area contributed by atoms with Gasteiger partial charge < -0.3 is 15.8 Å². The number of carbonyl (C=O) groups is 1. The van der Waals surface area contributed by atoms with E-state index >= 15 is 0 Å². The molecule has 1 aromatic heterocycles. The highest BCUT2D eigenvalue weighted by Gasteiger charge is 2.19.